The van der Waals surface area contributed by atoms with Crippen LogP contribution in [-0.2, 0) is 26.3 Å². The van der Waals surface area contributed by atoms with E-state index in [0.29, 0.717) is 38.4 Å². The summed E-state index contributed by atoms with van der Waals surface area (Å²) in [6, 6.07) is 4.07. The van der Waals surface area contributed by atoms with Gasteiger partial charge >= 0.3 is 0 Å². The highest BCUT2D eigenvalue weighted by molar-refractivity contribution is 6.00. The van der Waals surface area contributed by atoms with Gasteiger partial charge in [-0.05, 0) is 55.4 Å². The Balaban J connectivity index is 1.53. The lowest BCUT2D eigenvalue weighted by Crippen LogP contribution is -2.52. The predicted octanol–water partition coefficient (Wildman–Crippen LogP) is 1.62. The molecule has 1 atom stereocenters. The molecular weight excluding hydrogens is 360 g/mol. The van der Waals surface area contributed by atoms with Crippen molar-refractivity contribution in [2.45, 2.75) is 37.7 Å². The lowest BCUT2D eigenvalue weighted by atomic mass is 9.79. The number of hydrogen-bond donors (Lipinski definition) is 1. The number of hydrogen-bond acceptors (Lipinski definition) is 5. The van der Waals surface area contributed by atoms with Crippen molar-refractivity contribution in [3.63, 3.8) is 0 Å². The predicted molar refractivity (Wildman–Crippen MR) is 102 cm³/mol. The topological polar surface area (TPSA) is 77.1 Å². The second kappa shape index (κ2) is 7.62. The summed E-state index contributed by atoms with van der Waals surface area (Å²) >= 11 is 0. The average Bonchev–Trinajstić information content (AvgIpc) is 2.73. The van der Waals surface area contributed by atoms with Gasteiger partial charge in [0, 0.05) is 19.6 Å². The number of fused-ring (bicyclic) bond motifs is 2. The van der Waals surface area contributed by atoms with Gasteiger partial charge in [0.25, 0.3) is 0 Å². The summed E-state index contributed by atoms with van der Waals surface area (Å²) in [7, 11) is 3.28. The first-order valence-electron chi connectivity index (χ1n) is 10.0. The van der Waals surface area contributed by atoms with Crippen molar-refractivity contribution < 1.29 is 23.8 Å². The SMILES string of the molecule is COc1cc2c(cc1OC)C1(CCN(C(=O)C3CCCNC3=O)CC1)OCC2. The van der Waals surface area contributed by atoms with Crippen LogP contribution in [-0.4, -0.2) is 57.2 Å². The molecule has 3 aliphatic heterocycles. The van der Waals surface area contributed by atoms with Gasteiger partial charge in [0.05, 0.1) is 26.4 Å². The van der Waals surface area contributed by atoms with Crippen molar-refractivity contribution in [3.05, 3.63) is 23.3 Å². The molecule has 7 heteroatoms. The molecule has 1 N–H and O–H groups in total. The van der Waals surface area contributed by atoms with E-state index in [1.807, 2.05) is 17.0 Å². The van der Waals surface area contributed by atoms with Gasteiger partial charge < -0.3 is 24.4 Å². The highest BCUT2D eigenvalue weighted by Crippen LogP contribution is 2.45. The van der Waals surface area contributed by atoms with E-state index in [-0.39, 0.29) is 11.8 Å². The van der Waals surface area contributed by atoms with E-state index in [2.05, 4.69) is 5.32 Å². The molecule has 0 bridgehead atoms. The Morgan fingerprint density at radius 2 is 1.93 bits per heavy atom. The lowest BCUT2D eigenvalue weighted by molar-refractivity contribution is -0.149. The van der Waals surface area contributed by atoms with Crippen LogP contribution in [0.3, 0.4) is 0 Å². The molecule has 0 saturated carbocycles. The normalized spacial score (nSPS) is 23.7. The molecule has 2 fully saturated rings. The van der Waals surface area contributed by atoms with Gasteiger partial charge in [-0.15, -0.1) is 0 Å². The molecule has 1 aromatic carbocycles. The van der Waals surface area contributed by atoms with Crippen molar-refractivity contribution in [1.82, 2.24) is 10.2 Å². The Morgan fingerprint density at radius 1 is 1.21 bits per heavy atom. The number of piperidine rings is 2. The first-order chi connectivity index (χ1) is 13.6. The van der Waals surface area contributed by atoms with Crippen molar-refractivity contribution in [2.75, 3.05) is 40.5 Å². The number of carbonyl (C=O) groups excluding carboxylic acids is 2. The summed E-state index contributed by atoms with van der Waals surface area (Å²) < 4.78 is 17.2. The molecular formula is C21H28N2O5. The van der Waals surface area contributed by atoms with Crippen LogP contribution in [0.2, 0.25) is 0 Å². The number of nitrogens with zero attached hydrogens (tertiary/aromatic N) is 1. The Hall–Kier alpha value is -2.28. The van der Waals surface area contributed by atoms with Crippen molar-refractivity contribution in [2.24, 2.45) is 5.92 Å². The summed E-state index contributed by atoms with van der Waals surface area (Å²) in [5.41, 5.74) is 1.95. The van der Waals surface area contributed by atoms with Crippen molar-refractivity contribution in [3.8, 4) is 11.5 Å². The third kappa shape index (κ3) is 3.21. The van der Waals surface area contributed by atoms with E-state index in [4.69, 9.17) is 14.2 Å². The minimum atomic E-state index is -0.535. The summed E-state index contributed by atoms with van der Waals surface area (Å²) in [6.07, 6.45) is 3.77. The van der Waals surface area contributed by atoms with Crippen molar-refractivity contribution >= 4 is 11.8 Å². The summed E-state index contributed by atoms with van der Waals surface area (Å²) in [6.45, 7) is 2.51. The number of amides is 2. The fraction of sp³-hybridized carbons (Fsp3) is 0.619. The third-order valence-corrected chi connectivity index (χ3v) is 6.32. The molecule has 4 rings (SSSR count). The first kappa shape index (κ1) is 19.1. The second-order valence-corrected chi connectivity index (χ2v) is 7.77. The van der Waals surface area contributed by atoms with Crippen molar-refractivity contribution in [1.29, 1.82) is 0 Å². The summed E-state index contributed by atoms with van der Waals surface area (Å²) in [5, 5.41) is 2.81. The molecule has 0 radical (unpaired) electrons. The quantitative estimate of drug-likeness (QED) is 0.797. The molecule has 1 aromatic rings. The zero-order valence-corrected chi connectivity index (χ0v) is 16.6. The number of ether oxygens (including phenoxy) is 3. The molecule has 1 unspecified atom stereocenters. The van der Waals surface area contributed by atoms with Gasteiger partial charge in [-0.25, -0.2) is 0 Å². The standard InChI is InChI=1S/C21H28N2O5/c1-26-17-12-14-5-11-28-21(16(14)13-18(17)27-2)6-9-23(10-7-21)20(25)15-4-3-8-22-19(15)24/h12-13,15H,3-11H2,1-2H3,(H,22,24). The molecule has 2 saturated heterocycles. The van der Waals surface area contributed by atoms with Gasteiger partial charge in [-0.1, -0.05) is 0 Å². The van der Waals surface area contributed by atoms with Crippen LogP contribution in [0, 0.1) is 5.92 Å². The Bertz CT molecular complexity index is 770. The third-order valence-electron chi connectivity index (χ3n) is 6.32. The van der Waals surface area contributed by atoms with E-state index in [1.165, 1.54) is 5.56 Å². The minimum absolute atomic E-state index is 0.0459. The fourth-order valence-electron chi connectivity index (χ4n) is 4.72. The van der Waals surface area contributed by atoms with E-state index in [9.17, 15) is 9.59 Å². The van der Waals surface area contributed by atoms with Gasteiger partial charge in [0.2, 0.25) is 11.8 Å². The smallest absolute Gasteiger partial charge is 0.235 e. The molecule has 28 heavy (non-hydrogen) atoms. The van der Waals surface area contributed by atoms with Gasteiger partial charge in [-0.2, -0.15) is 0 Å². The number of methoxy groups -OCH3 is 2. The average molecular weight is 388 g/mol. The Kier molecular flexibility index (Phi) is 5.19. The molecule has 0 aromatic heterocycles. The van der Waals surface area contributed by atoms with Crippen LogP contribution >= 0.6 is 0 Å². The molecule has 1 spiro atoms. The van der Waals surface area contributed by atoms with E-state index in [1.54, 1.807) is 14.2 Å². The highest BCUT2D eigenvalue weighted by atomic mass is 16.5. The van der Waals surface area contributed by atoms with Gasteiger partial charge in [-0.3, -0.25) is 9.59 Å². The Labute approximate surface area is 165 Å². The van der Waals surface area contributed by atoms with Crippen LogP contribution in [0.1, 0.15) is 36.8 Å². The van der Waals surface area contributed by atoms with Crippen LogP contribution in [0.5, 0.6) is 11.5 Å². The number of nitrogens with one attached hydrogen (secondary N) is 1. The van der Waals surface area contributed by atoms with E-state index < -0.39 is 11.5 Å². The molecule has 0 aliphatic carbocycles. The number of likely N-dealkylation sites (tertiary alicyclic amines) is 1. The lowest BCUT2D eigenvalue weighted by Gasteiger charge is -2.45. The number of rotatable bonds is 3. The fourth-order valence-corrected chi connectivity index (χ4v) is 4.72. The molecule has 7 nitrogen and oxygen atoms in total. The minimum Gasteiger partial charge on any atom is -0.493 e. The van der Waals surface area contributed by atoms with Crippen LogP contribution in [0.4, 0.5) is 0 Å². The molecule has 3 heterocycles. The van der Waals surface area contributed by atoms with Crippen LogP contribution < -0.4 is 14.8 Å². The first-order valence-corrected chi connectivity index (χ1v) is 10.0. The maximum absolute atomic E-state index is 12.9. The molecule has 3 aliphatic rings. The highest BCUT2D eigenvalue weighted by Gasteiger charge is 2.44. The van der Waals surface area contributed by atoms with Gasteiger partial charge in [0.15, 0.2) is 11.5 Å². The van der Waals surface area contributed by atoms with Crippen LogP contribution in [0.15, 0.2) is 12.1 Å². The second-order valence-electron chi connectivity index (χ2n) is 7.77. The largest absolute Gasteiger partial charge is 0.493 e. The zero-order valence-electron chi connectivity index (χ0n) is 16.6. The molecule has 2 amide bonds. The maximum Gasteiger partial charge on any atom is 0.235 e. The summed E-state index contributed by atoms with van der Waals surface area (Å²) in [4.78, 5) is 26.7. The monoisotopic (exact) mass is 388 g/mol. The van der Waals surface area contributed by atoms with Gasteiger partial charge in [0.1, 0.15) is 5.92 Å². The summed E-state index contributed by atoms with van der Waals surface area (Å²) in [5.74, 6) is 0.715. The number of carbonyl (C=O) groups is 2. The van der Waals surface area contributed by atoms with E-state index >= 15 is 0 Å². The van der Waals surface area contributed by atoms with E-state index in [0.717, 1.165) is 37.0 Å². The maximum atomic E-state index is 12.9. The van der Waals surface area contributed by atoms with Crippen LogP contribution in [0.25, 0.3) is 0 Å². The zero-order chi connectivity index (χ0) is 19.7. The molecule has 152 valence electrons. The number of benzene rings is 1. The Morgan fingerprint density at radius 3 is 2.61 bits per heavy atom.